The molecule has 9 heteroatoms. The Kier molecular flexibility index (Phi) is 5.33. The minimum atomic E-state index is -0.909. The summed E-state index contributed by atoms with van der Waals surface area (Å²) in [4.78, 5) is 18.2. The van der Waals surface area contributed by atoms with Crippen molar-refractivity contribution in [3.05, 3.63) is 95.7 Å². The van der Waals surface area contributed by atoms with Crippen LogP contribution in [0.5, 0.6) is 0 Å². The topological polar surface area (TPSA) is 52.9 Å². The Morgan fingerprint density at radius 1 is 1.03 bits per heavy atom. The summed E-state index contributed by atoms with van der Waals surface area (Å²) in [5.74, 6) is -3.18. The molecule has 0 bridgehead atoms. The van der Waals surface area contributed by atoms with Gasteiger partial charge in [-0.2, -0.15) is 0 Å². The summed E-state index contributed by atoms with van der Waals surface area (Å²) in [6, 6.07) is 10.9. The SMILES string of the molecule is CN1C=C(c2ccc3ncc(-c4ccc(C(=O)N(C)c5ccc(F)cc5F)c(F)c4)n3c2)CN1. The van der Waals surface area contributed by atoms with Crippen molar-refractivity contribution < 1.29 is 18.0 Å². The first-order valence-electron chi connectivity index (χ1n) is 10.5. The van der Waals surface area contributed by atoms with Gasteiger partial charge < -0.3 is 9.91 Å². The highest BCUT2D eigenvalue weighted by Crippen LogP contribution is 2.27. The van der Waals surface area contributed by atoms with Gasteiger partial charge in [0.2, 0.25) is 0 Å². The van der Waals surface area contributed by atoms with Crippen LogP contribution < -0.4 is 10.3 Å². The summed E-state index contributed by atoms with van der Waals surface area (Å²) in [6.07, 6.45) is 5.58. The molecule has 1 amide bonds. The van der Waals surface area contributed by atoms with Crippen LogP contribution in [0, 0.1) is 17.5 Å². The molecule has 1 aliphatic heterocycles. The molecule has 4 aromatic rings. The molecule has 172 valence electrons. The lowest BCUT2D eigenvalue weighted by molar-refractivity contribution is 0.0988. The molecule has 0 saturated carbocycles. The second-order valence-electron chi connectivity index (χ2n) is 8.04. The zero-order valence-electron chi connectivity index (χ0n) is 18.4. The molecule has 5 rings (SSSR count). The van der Waals surface area contributed by atoms with Crippen molar-refractivity contribution in [3.63, 3.8) is 0 Å². The second kappa shape index (κ2) is 8.35. The number of hydrogen-bond acceptors (Lipinski definition) is 4. The van der Waals surface area contributed by atoms with E-state index in [4.69, 9.17) is 0 Å². The van der Waals surface area contributed by atoms with Gasteiger partial charge in [0.1, 0.15) is 23.1 Å². The van der Waals surface area contributed by atoms with Crippen molar-refractivity contribution in [2.24, 2.45) is 0 Å². The number of nitrogens with one attached hydrogen (secondary N) is 1. The highest BCUT2D eigenvalue weighted by molar-refractivity contribution is 6.06. The van der Waals surface area contributed by atoms with Crippen LogP contribution in [0.1, 0.15) is 15.9 Å². The summed E-state index contributed by atoms with van der Waals surface area (Å²) in [5.41, 5.74) is 6.82. The zero-order chi connectivity index (χ0) is 24.0. The highest BCUT2D eigenvalue weighted by atomic mass is 19.1. The standard InChI is InChI=1S/C25H20F3N5O/c1-31-13-17(11-30-31)16-4-8-24-29-12-23(33(24)14-16)15-3-6-19(20(27)9-15)25(34)32(2)22-7-5-18(26)10-21(22)28/h3-10,12-14,30H,11H2,1-2H3. The first kappa shape index (κ1) is 21.7. The molecule has 34 heavy (non-hydrogen) atoms. The van der Waals surface area contributed by atoms with E-state index in [9.17, 15) is 13.6 Å². The summed E-state index contributed by atoms with van der Waals surface area (Å²) >= 11 is 0. The van der Waals surface area contributed by atoms with Crippen molar-refractivity contribution in [3.8, 4) is 11.3 Å². The number of hydrogen-bond donors (Lipinski definition) is 1. The molecule has 3 heterocycles. The average molecular weight is 463 g/mol. The van der Waals surface area contributed by atoms with E-state index in [-0.39, 0.29) is 11.3 Å². The number of rotatable bonds is 4. The lowest BCUT2D eigenvalue weighted by atomic mass is 10.1. The van der Waals surface area contributed by atoms with E-state index in [1.807, 2.05) is 41.0 Å². The Bertz CT molecular complexity index is 1460. The minimum absolute atomic E-state index is 0.148. The largest absolute Gasteiger partial charge is 0.318 e. The van der Waals surface area contributed by atoms with E-state index in [0.717, 1.165) is 28.2 Å². The van der Waals surface area contributed by atoms with Gasteiger partial charge in [0, 0.05) is 44.7 Å². The molecule has 0 saturated heterocycles. The maximum Gasteiger partial charge on any atom is 0.261 e. The fraction of sp³-hybridized carbons (Fsp3) is 0.120. The molecular weight excluding hydrogens is 443 g/mol. The van der Waals surface area contributed by atoms with E-state index in [0.29, 0.717) is 29.5 Å². The molecule has 0 radical (unpaired) electrons. The molecule has 0 fully saturated rings. The molecule has 0 atom stereocenters. The number of anilines is 1. The molecule has 2 aromatic heterocycles. The van der Waals surface area contributed by atoms with Crippen molar-refractivity contribution in [2.75, 3.05) is 25.5 Å². The number of carbonyl (C=O) groups excluding carboxylic acids is 1. The third-order valence-electron chi connectivity index (χ3n) is 5.82. The second-order valence-corrected chi connectivity index (χ2v) is 8.04. The average Bonchev–Trinajstić information content (AvgIpc) is 3.44. The van der Waals surface area contributed by atoms with Crippen LogP contribution in [0.15, 0.2) is 67.1 Å². The van der Waals surface area contributed by atoms with E-state index in [1.165, 1.54) is 19.2 Å². The monoisotopic (exact) mass is 463 g/mol. The van der Waals surface area contributed by atoms with Gasteiger partial charge in [-0.25, -0.2) is 23.6 Å². The lowest BCUT2D eigenvalue weighted by Crippen LogP contribution is -2.28. The summed E-state index contributed by atoms with van der Waals surface area (Å²) in [7, 11) is 3.23. The normalized spacial score (nSPS) is 13.4. The summed E-state index contributed by atoms with van der Waals surface area (Å²) in [6.45, 7) is 0.694. The molecule has 1 N–H and O–H groups in total. The smallest absolute Gasteiger partial charge is 0.261 e. The van der Waals surface area contributed by atoms with Crippen molar-refractivity contribution in [1.82, 2.24) is 19.8 Å². The minimum Gasteiger partial charge on any atom is -0.318 e. The third-order valence-corrected chi connectivity index (χ3v) is 5.82. The van der Waals surface area contributed by atoms with Crippen LogP contribution in [0.3, 0.4) is 0 Å². The van der Waals surface area contributed by atoms with E-state index >= 15 is 4.39 Å². The Morgan fingerprint density at radius 3 is 2.53 bits per heavy atom. The van der Waals surface area contributed by atoms with Gasteiger partial charge in [0.15, 0.2) is 0 Å². The Balaban J connectivity index is 1.48. The maximum absolute atomic E-state index is 15.0. The predicted octanol–water partition coefficient (Wildman–Crippen LogP) is 4.49. The third kappa shape index (κ3) is 3.80. The van der Waals surface area contributed by atoms with E-state index < -0.39 is 23.4 Å². The Morgan fingerprint density at radius 2 is 1.82 bits per heavy atom. The van der Waals surface area contributed by atoms with Gasteiger partial charge in [0.25, 0.3) is 5.91 Å². The van der Waals surface area contributed by atoms with Crippen molar-refractivity contribution in [1.29, 1.82) is 0 Å². The number of hydrazine groups is 1. The number of fused-ring (bicyclic) bond motifs is 1. The number of carbonyl (C=O) groups is 1. The summed E-state index contributed by atoms with van der Waals surface area (Å²) in [5, 5.41) is 1.88. The number of amides is 1. The molecular formula is C25H20F3N5O. The van der Waals surface area contributed by atoms with Gasteiger partial charge in [-0.15, -0.1) is 0 Å². The summed E-state index contributed by atoms with van der Waals surface area (Å²) < 4.78 is 44.2. The first-order chi connectivity index (χ1) is 16.3. The Labute approximate surface area is 193 Å². The van der Waals surface area contributed by atoms with Gasteiger partial charge in [-0.05, 0) is 47.5 Å². The highest BCUT2D eigenvalue weighted by Gasteiger charge is 2.21. The molecule has 2 aromatic carbocycles. The van der Waals surface area contributed by atoms with E-state index in [2.05, 4.69) is 10.4 Å². The van der Waals surface area contributed by atoms with Gasteiger partial charge in [0.05, 0.1) is 23.1 Å². The van der Waals surface area contributed by atoms with Crippen LogP contribution in [-0.2, 0) is 0 Å². The number of aromatic nitrogens is 2. The van der Waals surface area contributed by atoms with Crippen molar-refractivity contribution in [2.45, 2.75) is 0 Å². The number of nitrogens with zero attached hydrogens (tertiary/aromatic N) is 4. The quantitative estimate of drug-likeness (QED) is 0.485. The number of halogens is 3. The fourth-order valence-corrected chi connectivity index (χ4v) is 3.99. The maximum atomic E-state index is 15.0. The van der Waals surface area contributed by atoms with Crippen LogP contribution in [0.25, 0.3) is 22.5 Å². The molecule has 0 aliphatic carbocycles. The van der Waals surface area contributed by atoms with Gasteiger partial charge >= 0.3 is 0 Å². The zero-order valence-corrected chi connectivity index (χ0v) is 18.4. The number of benzene rings is 2. The first-order valence-corrected chi connectivity index (χ1v) is 10.5. The Hall–Kier alpha value is -4.11. The van der Waals surface area contributed by atoms with Crippen LogP contribution in [0.4, 0.5) is 18.9 Å². The van der Waals surface area contributed by atoms with Crippen LogP contribution in [-0.4, -0.2) is 40.9 Å². The molecule has 6 nitrogen and oxygen atoms in total. The molecule has 0 spiro atoms. The fourth-order valence-electron chi connectivity index (χ4n) is 3.99. The van der Waals surface area contributed by atoms with Crippen LogP contribution in [0.2, 0.25) is 0 Å². The van der Waals surface area contributed by atoms with Crippen molar-refractivity contribution >= 4 is 22.8 Å². The van der Waals surface area contributed by atoms with Crippen LogP contribution >= 0.6 is 0 Å². The van der Waals surface area contributed by atoms with E-state index in [1.54, 1.807) is 12.3 Å². The number of imidazole rings is 1. The molecule has 0 unspecified atom stereocenters. The van der Waals surface area contributed by atoms with Gasteiger partial charge in [-0.3, -0.25) is 9.20 Å². The number of pyridine rings is 1. The lowest BCUT2D eigenvalue weighted by Gasteiger charge is -2.18. The predicted molar refractivity (Wildman–Crippen MR) is 123 cm³/mol. The van der Waals surface area contributed by atoms with Gasteiger partial charge in [-0.1, -0.05) is 6.07 Å². The molecule has 1 aliphatic rings.